The van der Waals surface area contributed by atoms with Gasteiger partial charge in [0.2, 0.25) is 11.5 Å². The summed E-state index contributed by atoms with van der Waals surface area (Å²) >= 11 is 0. The van der Waals surface area contributed by atoms with E-state index in [0.29, 0.717) is 22.8 Å². The fraction of sp³-hybridized carbons (Fsp3) is 0.125. The van der Waals surface area contributed by atoms with E-state index in [4.69, 9.17) is 4.52 Å². The normalized spacial score (nSPS) is 10.5. The molecule has 3 rings (SSSR count). The monoisotopic (exact) mass is 310 g/mol. The molecule has 0 saturated heterocycles. The average molecular weight is 310 g/mol. The van der Waals surface area contributed by atoms with Crippen molar-refractivity contribution < 1.29 is 14.1 Å². The van der Waals surface area contributed by atoms with E-state index in [2.05, 4.69) is 15.5 Å². The lowest BCUT2D eigenvalue weighted by Gasteiger charge is -2.05. The van der Waals surface area contributed by atoms with Crippen molar-refractivity contribution in [2.75, 3.05) is 5.32 Å². The van der Waals surface area contributed by atoms with E-state index in [0.717, 1.165) is 0 Å². The fourth-order valence-electron chi connectivity index (χ4n) is 2.08. The van der Waals surface area contributed by atoms with Gasteiger partial charge in [-0.05, 0) is 31.2 Å². The second-order valence-electron chi connectivity index (χ2n) is 5.05. The molecule has 0 radical (unpaired) electrons. The molecule has 7 nitrogen and oxygen atoms in total. The lowest BCUT2D eigenvalue weighted by Crippen LogP contribution is -2.12. The van der Waals surface area contributed by atoms with Crippen molar-refractivity contribution in [1.82, 2.24) is 14.7 Å². The van der Waals surface area contributed by atoms with Crippen LogP contribution in [0.25, 0.3) is 0 Å². The first-order valence-electron chi connectivity index (χ1n) is 6.91. The molecule has 0 spiro atoms. The minimum absolute atomic E-state index is 0.135. The van der Waals surface area contributed by atoms with Crippen molar-refractivity contribution in [3.05, 3.63) is 65.6 Å². The number of imidazole rings is 1. The van der Waals surface area contributed by atoms with Crippen LogP contribution in [0, 0.1) is 6.92 Å². The molecule has 0 aliphatic heterocycles. The molecule has 23 heavy (non-hydrogen) atoms. The predicted molar refractivity (Wildman–Crippen MR) is 82.3 cm³/mol. The number of carbonyl (C=O) groups is 2. The minimum atomic E-state index is -0.395. The topological polar surface area (TPSA) is 90.0 Å². The van der Waals surface area contributed by atoms with Gasteiger partial charge in [-0.1, -0.05) is 5.16 Å². The summed E-state index contributed by atoms with van der Waals surface area (Å²) in [5.74, 6) is -0.0791. The number of aryl methyl sites for hydroxylation is 2. The Morgan fingerprint density at radius 3 is 2.52 bits per heavy atom. The van der Waals surface area contributed by atoms with Crippen molar-refractivity contribution in [2.45, 2.75) is 6.92 Å². The molecule has 1 aromatic carbocycles. The van der Waals surface area contributed by atoms with Crippen LogP contribution in [-0.4, -0.2) is 26.4 Å². The van der Waals surface area contributed by atoms with Crippen LogP contribution in [0.15, 0.2) is 47.2 Å². The van der Waals surface area contributed by atoms with Crippen molar-refractivity contribution in [3.8, 4) is 0 Å². The summed E-state index contributed by atoms with van der Waals surface area (Å²) in [5, 5.41) is 6.34. The summed E-state index contributed by atoms with van der Waals surface area (Å²) in [7, 11) is 1.76. The number of nitrogens with zero attached hydrogens (tertiary/aromatic N) is 3. The summed E-state index contributed by atoms with van der Waals surface area (Å²) in [4.78, 5) is 28.3. The second-order valence-corrected chi connectivity index (χ2v) is 5.05. The van der Waals surface area contributed by atoms with E-state index >= 15 is 0 Å². The van der Waals surface area contributed by atoms with Crippen molar-refractivity contribution in [2.24, 2.45) is 7.05 Å². The van der Waals surface area contributed by atoms with Crippen molar-refractivity contribution in [1.29, 1.82) is 0 Å². The Morgan fingerprint density at radius 1 is 1.22 bits per heavy atom. The molecule has 0 saturated carbocycles. The number of anilines is 1. The quantitative estimate of drug-likeness (QED) is 0.746. The van der Waals surface area contributed by atoms with Crippen LogP contribution in [-0.2, 0) is 7.05 Å². The molecular weight excluding hydrogens is 296 g/mol. The van der Waals surface area contributed by atoms with Crippen LogP contribution in [0.5, 0.6) is 0 Å². The molecule has 0 aliphatic rings. The Morgan fingerprint density at radius 2 is 1.96 bits per heavy atom. The molecule has 3 aromatic rings. The molecule has 0 atom stereocenters. The number of ketones is 1. The highest BCUT2D eigenvalue weighted by atomic mass is 16.5. The second kappa shape index (κ2) is 5.88. The van der Waals surface area contributed by atoms with E-state index in [-0.39, 0.29) is 11.5 Å². The highest BCUT2D eigenvalue weighted by molar-refractivity contribution is 6.07. The van der Waals surface area contributed by atoms with Crippen LogP contribution >= 0.6 is 0 Å². The van der Waals surface area contributed by atoms with Gasteiger partial charge >= 0.3 is 0 Å². The zero-order chi connectivity index (χ0) is 16.4. The smallest absolute Gasteiger partial charge is 0.294 e. The SMILES string of the molecule is Cc1cc(C(=O)Nc2ccc(C(=O)c3nccn3C)cc2)on1. The lowest BCUT2D eigenvalue weighted by atomic mass is 10.1. The van der Waals surface area contributed by atoms with E-state index < -0.39 is 5.91 Å². The maximum absolute atomic E-state index is 12.3. The zero-order valence-corrected chi connectivity index (χ0v) is 12.6. The van der Waals surface area contributed by atoms with Gasteiger partial charge in [0, 0.05) is 36.8 Å². The van der Waals surface area contributed by atoms with Gasteiger partial charge in [-0.3, -0.25) is 9.59 Å². The third-order valence-corrected chi connectivity index (χ3v) is 3.28. The van der Waals surface area contributed by atoms with Gasteiger partial charge in [0.05, 0.1) is 5.69 Å². The largest absolute Gasteiger partial charge is 0.351 e. The summed E-state index contributed by atoms with van der Waals surface area (Å²) in [6.07, 6.45) is 3.28. The maximum Gasteiger partial charge on any atom is 0.294 e. The van der Waals surface area contributed by atoms with Gasteiger partial charge in [-0.15, -0.1) is 0 Å². The summed E-state index contributed by atoms with van der Waals surface area (Å²) in [5.41, 5.74) is 1.68. The number of amides is 1. The average Bonchev–Trinajstić information content (AvgIpc) is 3.16. The van der Waals surface area contributed by atoms with Gasteiger partial charge in [0.1, 0.15) is 0 Å². The lowest BCUT2D eigenvalue weighted by molar-refractivity contribution is 0.0986. The van der Waals surface area contributed by atoms with E-state index in [1.54, 1.807) is 61.3 Å². The summed E-state index contributed by atoms with van der Waals surface area (Å²) in [6.45, 7) is 1.73. The molecule has 0 unspecified atom stereocenters. The third-order valence-electron chi connectivity index (χ3n) is 3.28. The van der Waals surface area contributed by atoms with Crippen LogP contribution in [0.2, 0.25) is 0 Å². The molecule has 1 N–H and O–H groups in total. The van der Waals surface area contributed by atoms with Gasteiger partial charge < -0.3 is 14.4 Å². The molecule has 0 fully saturated rings. The van der Waals surface area contributed by atoms with Gasteiger partial charge in [0.25, 0.3) is 5.91 Å². The molecule has 2 aromatic heterocycles. The molecule has 0 aliphatic carbocycles. The Balaban J connectivity index is 1.73. The number of carbonyl (C=O) groups excluding carboxylic acids is 2. The zero-order valence-electron chi connectivity index (χ0n) is 12.6. The van der Waals surface area contributed by atoms with Crippen LogP contribution < -0.4 is 5.32 Å². The van der Waals surface area contributed by atoms with E-state index in [1.165, 1.54) is 0 Å². The van der Waals surface area contributed by atoms with Crippen LogP contribution in [0.4, 0.5) is 5.69 Å². The van der Waals surface area contributed by atoms with Crippen molar-refractivity contribution in [3.63, 3.8) is 0 Å². The molecular formula is C16H14N4O3. The first kappa shape index (κ1) is 14.7. The van der Waals surface area contributed by atoms with Crippen LogP contribution in [0.1, 0.15) is 32.4 Å². The maximum atomic E-state index is 12.3. The Kier molecular flexibility index (Phi) is 3.76. The standard InChI is InChI=1S/C16H14N4O3/c1-10-9-13(23-19-10)16(22)18-12-5-3-11(4-6-12)14(21)15-17-7-8-20(15)2/h3-9H,1-2H3,(H,18,22). The van der Waals surface area contributed by atoms with Crippen molar-refractivity contribution >= 4 is 17.4 Å². The van der Waals surface area contributed by atoms with Gasteiger partial charge in [-0.2, -0.15) is 0 Å². The molecule has 0 bridgehead atoms. The van der Waals surface area contributed by atoms with E-state index in [1.807, 2.05) is 0 Å². The van der Waals surface area contributed by atoms with E-state index in [9.17, 15) is 9.59 Å². The Hall–Kier alpha value is -3.22. The van der Waals surface area contributed by atoms with Gasteiger partial charge in [-0.25, -0.2) is 4.98 Å². The Bertz CT molecular complexity index is 862. The first-order chi connectivity index (χ1) is 11.0. The highest BCUT2D eigenvalue weighted by Crippen LogP contribution is 2.14. The predicted octanol–water partition coefficient (Wildman–Crippen LogP) is 2.20. The Labute approximate surface area is 131 Å². The third kappa shape index (κ3) is 3.03. The number of hydrogen-bond acceptors (Lipinski definition) is 5. The molecule has 2 heterocycles. The minimum Gasteiger partial charge on any atom is -0.351 e. The highest BCUT2D eigenvalue weighted by Gasteiger charge is 2.15. The molecule has 1 amide bonds. The number of aromatic nitrogens is 3. The van der Waals surface area contributed by atoms with Crippen LogP contribution in [0.3, 0.4) is 0 Å². The molecule has 116 valence electrons. The first-order valence-corrected chi connectivity index (χ1v) is 6.91. The number of rotatable bonds is 4. The summed E-state index contributed by atoms with van der Waals surface area (Å²) in [6, 6.07) is 8.12. The number of hydrogen-bond donors (Lipinski definition) is 1. The fourth-order valence-corrected chi connectivity index (χ4v) is 2.08. The summed E-state index contributed by atoms with van der Waals surface area (Å²) < 4.78 is 6.55. The number of benzene rings is 1. The molecule has 7 heteroatoms. The van der Waals surface area contributed by atoms with Gasteiger partial charge in [0.15, 0.2) is 5.82 Å². The number of nitrogens with one attached hydrogen (secondary N) is 1.